The van der Waals surface area contributed by atoms with E-state index in [-0.39, 0.29) is 12.0 Å². The van der Waals surface area contributed by atoms with Crippen LogP contribution in [0, 0.1) is 0 Å². The van der Waals surface area contributed by atoms with Gasteiger partial charge >= 0.3 is 0 Å². The first-order valence-corrected chi connectivity index (χ1v) is 7.41. The van der Waals surface area contributed by atoms with Gasteiger partial charge in [-0.15, -0.1) is 0 Å². The summed E-state index contributed by atoms with van der Waals surface area (Å²) in [5.41, 5.74) is 2.12. The molecule has 1 atom stereocenters. The van der Waals surface area contributed by atoms with Crippen molar-refractivity contribution in [1.82, 2.24) is 15.5 Å². The van der Waals surface area contributed by atoms with Gasteiger partial charge in [-0.05, 0) is 23.8 Å². The third kappa shape index (κ3) is 4.08. The molecule has 0 fully saturated rings. The van der Waals surface area contributed by atoms with Crippen LogP contribution in [0.3, 0.4) is 0 Å². The monoisotopic (exact) mass is 321 g/mol. The van der Waals surface area contributed by atoms with Gasteiger partial charge < -0.3 is 10.4 Å². The smallest absolute Gasteiger partial charge is 0.253 e. The lowest BCUT2D eigenvalue weighted by Gasteiger charge is -2.13. The molecule has 6 heteroatoms. The first-order chi connectivity index (χ1) is 10.3. The van der Waals surface area contributed by atoms with Gasteiger partial charge in [-0.25, -0.2) is 0 Å². The number of aliphatic hydroxyl groups excluding tert-OH is 1. The number of carbonyl (C=O) groups excluding carboxylic acids is 1. The molecule has 5 nitrogen and oxygen atoms in total. The largest absolute Gasteiger partial charge is 0.378 e. The summed E-state index contributed by atoms with van der Waals surface area (Å²) in [4.78, 5) is 12.0. The van der Waals surface area contributed by atoms with E-state index in [2.05, 4.69) is 36.3 Å². The summed E-state index contributed by atoms with van der Waals surface area (Å²) in [5.74, 6) is -0.478. The molecule has 1 aromatic carbocycles. The maximum Gasteiger partial charge on any atom is 0.253 e. The Labute approximate surface area is 134 Å². The molecule has 3 N–H and O–H groups in total. The average Bonchev–Trinajstić information content (AvgIpc) is 2.93. The van der Waals surface area contributed by atoms with Crippen molar-refractivity contribution in [2.45, 2.75) is 38.8 Å². The number of hydrogen-bond donors (Lipinski definition) is 3. The van der Waals surface area contributed by atoms with Crippen LogP contribution in [0.5, 0.6) is 0 Å². The van der Waals surface area contributed by atoms with Gasteiger partial charge in [0.15, 0.2) is 6.10 Å². The molecule has 0 spiro atoms. The lowest BCUT2D eigenvalue weighted by molar-refractivity contribution is -0.129. The van der Waals surface area contributed by atoms with E-state index in [1.54, 1.807) is 24.3 Å². The number of carbonyl (C=O) groups is 1. The van der Waals surface area contributed by atoms with Crippen molar-refractivity contribution >= 4 is 17.5 Å². The molecule has 0 saturated carbocycles. The number of rotatable bonds is 4. The quantitative estimate of drug-likeness (QED) is 0.810. The summed E-state index contributed by atoms with van der Waals surface area (Å²) < 4.78 is 0. The van der Waals surface area contributed by atoms with Crippen molar-refractivity contribution in [3.05, 3.63) is 52.3 Å². The van der Waals surface area contributed by atoms with Crippen molar-refractivity contribution in [2.75, 3.05) is 0 Å². The fourth-order valence-electron chi connectivity index (χ4n) is 1.94. The van der Waals surface area contributed by atoms with Crippen molar-refractivity contribution in [1.29, 1.82) is 0 Å². The Bertz CT molecular complexity index is 661. The molecule has 2 aromatic rings. The van der Waals surface area contributed by atoms with Crippen molar-refractivity contribution in [3.8, 4) is 0 Å². The van der Waals surface area contributed by atoms with Gasteiger partial charge in [0.25, 0.3) is 5.91 Å². The Hall–Kier alpha value is -1.85. The summed E-state index contributed by atoms with van der Waals surface area (Å²) in [5, 5.41) is 20.3. The fourth-order valence-corrected chi connectivity index (χ4v) is 2.14. The number of aliphatic hydroxyl groups is 1. The van der Waals surface area contributed by atoms with Gasteiger partial charge in [0.1, 0.15) is 0 Å². The number of hydrogen-bond acceptors (Lipinski definition) is 3. The standard InChI is InChI=1S/C16H20ClN3O2/c1-16(2,3)13-8-12(19-20-13)9-18-15(22)14(21)10-5-4-6-11(17)7-10/h4-8,14,21H,9H2,1-3H3,(H,18,22)(H,19,20)/t14-/m0/s1. The fraction of sp³-hybridized carbons (Fsp3) is 0.375. The summed E-state index contributed by atoms with van der Waals surface area (Å²) >= 11 is 5.86. The molecule has 2 rings (SSSR count). The van der Waals surface area contributed by atoms with Gasteiger partial charge in [-0.3, -0.25) is 9.89 Å². The summed E-state index contributed by atoms with van der Waals surface area (Å²) in [6, 6.07) is 8.52. The van der Waals surface area contributed by atoms with E-state index < -0.39 is 12.0 Å². The lowest BCUT2D eigenvalue weighted by atomic mass is 9.92. The Morgan fingerprint density at radius 3 is 2.73 bits per heavy atom. The third-order valence-electron chi connectivity index (χ3n) is 3.27. The predicted octanol–water partition coefficient (Wildman–Crippen LogP) is 2.71. The Morgan fingerprint density at radius 2 is 2.14 bits per heavy atom. The molecule has 0 aliphatic heterocycles. The minimum atomic E-state index is -1.25. The summed E-state index contributed by atoms with van der Waals surface area (Å²) in [6.07, 6.45) is -1.25. The highest BCUT2D eigenvalue weighted by atomic mass is 35.5. The van der Waals surface area contributed by atoms with E-state index >= 15 is 0 Å². The number of H-pyrrole nitrogens is 1. The van der Waals surface area contributed by atoms with E-state index in [0.29, 0.717) is 10.6 Å². The molecule has 118 valence electrons. The second-order valence-corrected chi connectivity index (χ2v) is 6.64. The molecule has 0 aliphatic carbocycles. The van der Waals surface area contributed by atoms with Gasteiger partial charge in [0, 0.05) is 10.4 Å². The molecular weight excluding hydrogens is 302 g/mol. The van der Waals surface area contributed by atoms with Gasteiger partial charge in [0.2, 0.25) is 0 Å². The van der Waals surface area contributed by atoms with E-state index in [9.17, 15) is 9.90 Å². The second kappa shape index (κ2) is 6.50. The van der Waals surface area contributed by atoms with Crippen LogP contribution in [0.4, 0.5) is 0 Å². The molecule has 0 aliphatic rings. The lowest BCUT2D eigenvalue weighted by Crippen LogP contribution is -2.29. The Kier molecular flexibility index (Phi) is 4.88. The Balaban J connectivity index is 1.96. The van der Waals surface area contributed by atoms with E-state index in [1.165, 1.54) is 0 Å². The second-order valence-electron chi connectivity index (χ2n) is 6.20. The molecule has 0 saturated heterocycles. The molecule has 22 heavy (non-hydrogen) atoms. The van der Waals surface area contributed by atoms with Crippen molar-refractivity contribution in [3.63, 3.8) is 0 Å². The highest BCUT2D eigenvalue weighted by Gasteiger charge is 2.19. The molecule has 1 heterocycles. The predicted molar refractivity (Wildman–Crippen MR) is 85.5 cm³/mol. The highest BCUT2D eigenvalue weighted by Crippen LogP contribution is 2.20. The maximum absolute atomic E-state index is 12.0. The zero-order valence-corrected chi connectivity index (χ0v) is 13.6. The van der Waals surface area contributed by atoms with Crippen LogP contribution in [-0.4, -0.2) is 21.2 Å². The number of halogens is 1. The summed E-state index contributed by atoms with van der Waals surface area (Å²) in [7, 11) is 0. The normalized spacial score (nSPS) is 13.0. The number of nitrogens with one attached hydrogen (secondary N) is 2. The summed E-state index contributed by atoms with van der Waals surface area (Å²) in [6.45, 7) is 6.47. The molecule has 0 bridgehead atoms. The minimum absolute atomic E-state index is 0.0565. The van der Waals surface area contributed by atoms with Crippen LogP contribution in [0.1, 0.15) is 43.8 Å². The Morgan fingerprint density at radius 1 is 1.41 bits per heavy atom. The molecular formula is C16H20ClN3O2. The van der Waals surface area contributed by atoms with E-state index in [0.717, 1.165) is 11.4 Å². The van der Waals surface area contributed by atoms with Gasteiger partial charge in [-0.2, -0.15) is 5.10 Å². The van der Waals surface area contributed by atoms with Crippen LogP contribution in [0.15, 0.2) is 30.3 Å². The van der Waals surface area contributed by atoms with E-state index in [1.807, 2.05) is 6.07 Å². The zero-order chi connectivity index (χ0) is 16.3. The molecule has 0 unspecified atom stereocenters. The first-order valence-electron chi connectivity index (χ1n) is 7.03. The van der Waals surface area contributed by atoms with Crippen LogP contribution in [-0.2, 0) is 16.8 Å². The van der Waals surface area contributed by atoms with Gasteiger partial charge in [-0.1, -0.05) is 44.5 Å². The van der Waals surface area contributed by atoms with Crippen LogP contribution in [0.2, 0.25) is 5.02 Å². The minimum Gasteiger partial charge on any atom is -0.378 e. The first kappa shape index (κ1) is 16.5. The number of benzene rings is 1. The van der Waals surface area contributed by atoms with Crippen LogP contribution >= 0.6 is 11.6 Å². The molecule has 1 amide bonds. The topological polar surface area (TPSA) is 78.0 Å². The number of amides is 1. The number of aromatic amines is 1. The molecule has 1 aromatic heterocycles. The molecule has 0 radical (unpaired) electrons. The maximum atomic E-state index is 12.0. The van der Waals surface area contributed by atoms with Crippen molar-refractivity contribution < 1.29 is 9.90 Å². The van der Waals surface area contributed by atoms with E-state index in [4.69, 9.17) is 11.6 Å². The number of aromatic nitrogens is 2. The van der Waals surface area contributed by atoms with Crippen molar-refractivity contribution in [2.24, 2.45) is 0 Å². The van der Waals surface area contributed by atoms with Crippen LogP contribution in [0.25, 0.3) is 0 Å². The van der Waals surface area contributed by atoms with Crippen LogP contribution < -0.4 is 5.32 Å². The average molecular weight is 322 g/mol. The number of nitrogens with zero attached hydrogens (tertiary/aromatic N) is 1. The van der Waals surface area contributed by atoms with Gasteiger partial charge in [0.05, 0.1) is 17.9 Å². The highest BCUT2D eigenvalue weighted by molar-refractivity contribution is 6.30. The SMILES string of the molecule is CC(C)(C)c1cc(CNC(=O)[C@@H](O)c2cccc(Cl)c2)[nH]n1. The zero-order valence-electron chi connectivity index (χ0n) is 12.9. The third-order valence-corrected chi connectivity index (χ3v) is 3.50.